The highest BCUT2D eigenvalue weighted by molar-refractivity contribution is 5.83. The smallest absolute Gasteiger partial charge is 0.144 e. The van der Waals surface area contributed by atoms with Gasteiger partial charge in [0.1, 0.15) is 22.8 Å². The van der Waals surface area contributed by atoms with Crippen molar-refractivity contribution in [3.63, 3.8) is 0 Å². The average molecular weight is 448 g/mol. The first-order valence-corrected chi connectivity index (χ1v) is 11.3. The number of ether oxygens (including phenoxy) is 2. The third-order valence-electron chi connectivity index (χ3n) is 5.30. The average Bonchev–Trinajstić information content (AvgIpc) is 2.78. The van der Waals surface area contributed by atoms with Gasteiger partial charge in [-0.3, -0.25) is 4.99 Å². The van der Waals surface area contributed by atoms with Crippen molar-refractivity contribution in [1.82, 2.24) is 0 Å². The highest BCUT2D eigenvalue weighted by Gasteiger charge is 2.42. The number of hydrogen-bond acceptors (Lipinski definition) is 5. The van der Waals surface area contributed by atoms with Crippen LogP contribution >= 0.6 is 0 Å². The Morgan fingerprint density at radius 2 is 1.18 bits per heavy atom. The van der Waals surface area contributed by atoms with Gasteiger partial charge in [0.2, 0.25) is 0 Å². The Labute approximate surface area is 196 Å². The third kappa shape index (κ3) is 5.55. The van der Waals surface area contributed by atoms with Crippen molar-refractivity contribution in [3.8, 4) is 17.2 Å². The van der Waals surface area contributed by atoms with Crippen molar-refractivity contribution in [2.75, 3.05) is 0 Å². The molecule has 0 fully saturated rings. The molecule has 0 aliphatic rings. The Hall–Kier alpha value is -3.31. The molecule has 0 aliphatic heterocycles. The molecule has 0 aliphatic carbocycles. The highest BCUT2D eigenvalue weighted by atomic mass is 16.5. The van der Waals surface area contributed by atoms with Gasteiger partial charge in [0.25, 0.3) is 0 Å². The predicted molar refractivity (Wildman–Crippen MR) is 133 cm³/mol. The summed E-state index contributed by atoms with van der Waals surface area (Å²) in [7, 11) is 0. The number of nitrogens with zero attached hydrogens (tertiary/aromatic N) is 1. The second-order valence-corrected chi connectivity index (χ2v) is 8.60. The van der Waals surface area contributed by atoms with Gasteiger partial charge in [-0.15, -0.1) is 0 Å². The van der Waals surface area contributed by atoms with E-state index in [1.165, 1.54) is 0 Å². The molecular formula is C28H33NO4. The van der Waals surface area contributed by atoms with E-state index in [0.717, 1.165) is 0 Å². The van der Waals surface area contributed by atoms with Crippen LogP contribution in [0.4, 0.5) is 0 Å². The molecule has 174 valence electrons. The van der Waals surface area contributed by atoms with E-state index in [1.807, 2.05) is 89.2 Å². The molecule has 5 nitrogen and oxygen atoms in total. The minimum Gasteiger partial charge on any atom is -0.507 e. The minimum absolute atomic E-state index is 0.0716. The zero-order chi connectivity index (χ0) is 24.0. The molecule has 5 heteroatoms. The monoisotopic (exact) mass is 447 g/mol. The fourth-order valence-corrected chi connectivity index (χ4v) is 3.77. The first kappa shape index (κ1) is 24.3. The first-order valence-electron chi connectivity index (χ1n) is 11.3. The van der Waals surface area contributed by atoms with Crippen molar-refractivity contribution >= 4 is 6.21 Å². The van der Waals surface area contributed by atoms with Gasteiger partial charge in [0, 0.05) is 22.9 Å². The van der Waals surface area contributed by atoms with E-state index >= 15 is 0 Å². The molecule has 0 saturated heterocycles. The van der Waals surface area contributed by atoms with Gasteiger partial charge >= 0.3 is 0 Å². The lowest BCUT2D eigenvalue weighted by atomic mass is 9.80. The SMILES string of the molecule is CC(C)Oc1ccccc1C(O)(c1ccccc1OC(C)C)[C@@H](C)N=Cc1ccccc1O. The van der Waals surface area contributed by atoms with Gasteiger partial charge < -0.3 is 19.7 Å². The third-order valence-corrected chi connectivity index (χ3v) is 5.30. The van der Waals surface area contributed by atoms with Crippen LogP contribution in [0.3, 0.4) is 0 Å². The molecule has 0 spiro atoms. The fourth-order valence-electron chi connectivity index (χ4n) is 3.77. The molecule has 2 N–H and O–H groups in total. The molecule has 0 amide bonds. The lowest BCUT2D eigenvalue weighted by molar-refractivity contribution is 0.0500. The zero-order valence-electron chi connectivity index (χ0n) is 19.9. The standard InChI is InChI=1S/C28H33NO4/c1-19(2)32-26-16-10-7-13-23(26)28(31,24-14-8-11-17-27(24)33-20(3)4)21(5)29-18-22-12-6-9-15-25(22)30/h6-21,30-31H,1-5H3/t21-/m1/s1. The summed E-state index contributed by atoms with van der Waals surface area (Å²) in [6, 6.07) is 21.3. The summed E-state index contributed by atoms with van der Waals surface area (Å²) < 4.78 is 12.1. The van der Waals surface area contributed by atoms with Gasteiger partial charge in [0.05, 0.1) is 18.2 Å². The van der Waals surface area contributed by atoms with Gasteiger partial charge in [0.15, 0.2) is 0 Å². The molecular weight excluding hydrogens is 414 g/mol. The number of para-hydroxylation sites is 3. The van der Waals surface area contributed by atoms with Crippen LogP contribution in [0.15, 0.2) is 77.8 Å². The Kier molecular flexibility index (Phi) is 7.77. The number of phenols is 1. The lowest BCUT2D eigenvalue weighted by Crippen LogP contribution is -2.39. The van der Waals surface area contributed by atoms with E-state index in [9.17, 15) is 10.2 Å². The van der Waals surface area contributed by atoms with Crippen LogP contribution in [-0.2, 0) is 5.60 Å². The van der Waals surface area contributed by atoms with Crippen LogP contribution in [0.25, 0.3) is 0 Å². The Balaban J connectivity index is 2.19. The van der Waals surface area contributed by atoms with Crippen LogP contribution in [0.1, 0.15) is 51.3 Å². The fraction of sp³-hybridized carbons (Fsp3) is 0.321. The summed E-state index contributed by atoms with van der Waals surface area (Å²) in [5.74, 6) is 1.29. The van der Waals surface area contributed by atoms with Crippen molar-refractivity contribution in [1.29, 1.82) is 0 Å². The lowest BCUT2D eigenvalue weighted by Gasteiger charge is -2.36. The van der Waals surface area contributed by atoms with E-state index in [1.54, 1.807) is 24.4 Å². The van der Waals surface area contributed by atoms with Crippen molar-refractivity contribution in [2.45, 2.75) is 58.5 Å². The van der Waals surface area contributed by atoms with Crippen molar-refractivity contribution in [2.24, 2.45) is 4.99 Å². The number of aliphatic imine (C=N–C) groups is 1. The largest absolute Gasteiger partial charge is 0.507 e. The van der Waals surface area contributed by atoms with Gasteiger partial charge in [-0.1, -0.05) is 48.5 Å². The van der Waals surface area contributed by atoms with E-state index in [4.69, 9.17) is 9.47 Å². The topological polar surface area (TPSA) is 71.3 Å². The molecule has 3 rings (SSSR count). The van der Waals surface area contributed by atoms with E-state index in [2.05, 4.69) is 4.99 Å². The summed E-state index contributed by atoms with van der Waals surface area (Å²) in [5, 5.41) is 22.6. The molecule has 0 unspecified atom stereocenters. The number of benzene rings is 3. The van der Waals surface area contributed by atoms with Crippen molar-refractivity contribution in [3.05, 3.63) is 89.5 Å². The summed E-state index contributed by atoms with van der Waals surface area (Å²) >= 11 is 0. The van der Waals surface area contributed by atoms with Crippen LogP contribution in [0.2, 0.25) is 0 Å². The first-order chi connectivity index (χ1) is 15.7. The molecule has 1 atom stereocenters. The maximum Gasteiger partial charge on any atom is 0.144 e. The van der Waals surface area contributed by atoms with Gasteiger partial charge in [-0.05, 0) is 58.9 Å². The second-order valence-electron chi connectivity index (χ2n) is 8.60. The summed E-state index contributed by atoms with van der Waals surface area (Å²) in [4.78, 5) is 4.67. The maximum absolute atomic E-state index is 12.4. The summed E-state index contributed by atoms with van der Waals surface area (Å²) in [6.07, 6.45) is 1.44. The van der Waals surface area contributed by atoms with E-state index in [-0.39, 0.29) is 18.0 Å². The van der Waals surface area contributed by atoms with Crippen LogP contribution in [0, 0.1) is 0 Å². The molecule has 33 heavy (non-hydrogen) atoms. The van der Waals surface area contributed by atoms with Crippen molar-refractivity contribution < 1.29 is 19.7 Å². The highest BCUT2D eigenvalue weighted by Crippen LogP contribution is 2.43. The molecule has 0 heterocycles. The van der Waals surface area contributed by atoms with E-state index < -0.39 is 11.6 Å². The number of aliphatic hydroxyl groups is 1. The molecule has 0 aromatic heterocycles. The minimum atomic E-state index is -1.56. The molecule has 3 aromatic rings. The predicted octanol–water partition coefficient (Wildman–Crippen LogP) is 5.71. The quantitative estimate of drug-likeness (QED) is 0.412. The number of aromatic hydroxyl groups is 1. The Bertz CT molecular complexity index is 1040. The maximum atomic E-state index is 12.4. The Morgan fingerprint density at radius 1 is 0.727 bits per heavy atom. The summed E-state index contributed by atoms with van der Waals surface area (Å²) in [5.41, 5.74) is 0.212. The normalized spacial score (nSPS) is 13.0. The van der Waals surface area contributed by atoms with Crippen LogP contribution < -0.4 is 9.47 Å². The van der Waals surface area contributed by atoms with Crippen LogP contribution in [0.5, 0.6) is 17.2 Å². The van der Waals surface area contributed by atoms with Gasteiger partial charge in [-0.2, -0.15) is 0 Å². The second kappa shape index (κ2) is 10.5. The molecule has 3 aromatic carbocycles. The number of hydrogen-bond donors (Lipinski definition) is 2. The van der Waals surface area contributed by atoms with Crippen LogP contribution in [-0.4, -0.2) is 34.7 Å². The Morgan fingerprint density at radius 3 is 1.67 bits per heavy atom. The van der Waals surface area contributed by atoms with E-state index in [0.29, 0.717) is 28.2 Å². The molecule has 0 radical (unpaired) electrons. The zero-order valence-corrected chi connectivity index (χ0v) is 19.9. The molecule has 0 bridgehead atoms. The summed E-state index contributed by atoms with van der Waals surface area (Å²) in [6.45, 7) is 9.64. The van der Waals surface area contributed by atoms with Gasteiger partial charge in [-0.25, -0.2) is 0 Å². The number of rotatable bonds is 9. The molecule has 0 saturated carbocycles. The number of phenolic OH excluding ortho intramolecular Hbond substituents is 1.